The molecule has 0 aromatic carbocycles. The lowest BCUT2D eigenvalue weighted by atomic mass is 9.46. The fourth-order valence-corrected chi connectivity index (χ4v) is 9.58. The van der Waals surface area contributed by atoms with Gasteiger partial charge in [0.15, 0.2) is 0 Å². The van der Waals surface area contributed by atoms with Crippen molar-refractivity contribution in [3.8, 4) is 0 Å². The lowest BCUT2D eigenvalue weighted by molar-refractivity contribution is -0.0838. The maximum Gasteiger partial charge on any atom is 0.104 e. The fraction of sp³-hybridized carbons (Fsp3) is 0.793. The third kappa shape index (κ3) is 2.93. The molecule has 4 aliphatic carbocycles. The Morgan fingerprint density at radius 3 is 2.79 bits per heavy atom. The zero-order chi connectivity index (χ0) is 22.3. The normalized spacial score (nSPS) is 48.5. The van der Waals surface area contributed by atoms with E-state index in [0.717, 1.165) is 19.1 Å². The second-order valence-corrected chi connectivity index (χ2v) is 12.6. The van der Waals surface area contributed by atoms with Gasteiger partial charge in [0.05, 0.1) is 31.3 Å². The standard InChI is InChI=1S/C29H41NO3/c1-27-10-7-22(32-16-14-30-12-3-4-13-30)17-21(27)5-6-24-23(27)8-11-28(2)25(20-9-15-31-19-20)18-26-29(24,28)33-26/h9,15,17,19,22-26H,3-8,10-14,16,18H2,1-2H3/t22-,23-,24+,25+,26+,27-,28+,29+/m0/s1. The van der Waals surface area contributed by atoms with Gasteiger partial charge in [-0.15, -0.1) is 0 Å². The molecule has 0 amide bonds. The summed E-state index contributed by atoms with van der Waals surface area (Å²) >= 11 is 0. The van der Waals surface area contributed by atoms with Crippen molar-refractivity contribution in [3.05, 3.63) is 35.8 Å². The number of ether oxygens (including phenoxy) is 2. The number of epoxide rings is 1. The molecule has 1 aromatic heterocycles. The average Bonchev–Trinajstić information content (AvgIpc) is 3.23. The minimum Gasteiger partial charge on any atom is -0.472 e. The van der Waals surface area contributed by atoms with E-state index in [-0.39, 0.29) is 11.0 Å². The summed E-state index contributed by atoms with van der Waals surface area (Å²) in [5.41, 5.74) is 3.84. The van der Waals surface area contributed by atoms with Crippen molar-refractivity contribution in [2.75, 3.05) is 26.2 Å². The van der Waals surface area contributed by atoms with Crippen LogP contribution in [-0.4, -0.2) is 49.0 Å². The van der Waals surface area contributed by atoms with Gasteiger partial charge >= 0.3 is 0 Å². The van der Waals surface area contributed by atoms with Crippen LogP contribution in [0.1, 0.15) is 83.1 Å². The van der Waals surface area contributed by atoms with Gasteiger partial charge in [-0.05, 0) is 106 Å². The Morgan fingerprint density at radius 1 is 1.09 bits per heavy atom. The van der Waals surface area contributed by atoms with E-state index in [1.54, 1.807) is 5.57 Å². The van der Waals surface area contributed by atoms with Gasteiger partial charge in [-0.25, -0.2) is 0 Å². The van der Waals surface area contributed by atoms with Crippen LogP contribution >= 0.6 is 0 Å². The molecule has 0 unspecified atom stereocenters. The number of allylic oxidation sites excluding steroid dienone is 1. The highest BCUT2D eigenvalue weighted by Crippen LogP contribution is 2.77. The molecule has 5 fully saturated rings. The second kappa shape index (κ2) is 7.45. The molecule has 2 aliphatic heterocycles. The first kappa shape index (κ1) is 21.2. The van der Waals surface area contributed by atoms with Crippen molar-refractivity contribution in [2.45, 2.75) is 95.4 Å². The summed E-state index contributed by atoms with van der Waals surface area (Å²) in [6.07, 6.45) is 18.8. The molecule has 7 rings (SSSR count). The van der Waals surface area contributed by atoms with Crippen LogP contribution in [0.4, 0.5) is 0 Å². The van der Waals surface area contributed by atoms with E-state index in [9.17, 15) is 0 Å². The molecular formula is C29H41NO3. The van der Waals surface area contributed by atoms with Crippen LogP contribution in [0.15, 0.2) is 34.7 Å². The summed E-state index contributed by atoms with van der Waals surface area (Å²) in [7, 11) is 0. The van der Waals surface area contributed by atoms with E-state index in [4.69, 9.17) is 13.9 Å². The zero-order valence-electron chi connectivity index (χ0n) is 20.6. The minimum absolute atomic E-state index is 0.121. The summed E-state index contributed by atoms with van der Waals surface area (Å²) in [5.74, 6) is 2.08. The smallest absolute Gasteiger partial charge is 0.104 e. The first-order chi connectivity index (χ1) is 16.0. The molecule has 8 atom stereocenters. The summed E-state index contributed by atoms with van der Waals surface area (Å²) in [6, 6.07) is 2.20. The first-order valence-electron chi connectivity index (χ1n) is 13.8. The van der Waals surface area contributed by atoms with Crippen LogP contribution in [0.3, 0.4) is 0 Å². The third-order valence-electron chi connectivity index (χ3n) is 11.4. The van der Waals surface area contributed by atoms with E-state index >= 15 is 0 Å². The second-order valence-electron chi connectivity index (χ2n) is 12.6. The maximum atomic E-state index is 6.71. The Balaban J connectivity index is 1.08. The third-order valence-corrected chi connectivity index (χ3v) is 11.4. The lowest BCUT2D eigenvalue weighted by Gasteiger charge is -2.58. The highest BCUT2D eigenvalue weighted by Gasteiger charge is 2.80. The molecule has 3 heterocycles. The molecule has 4 heteroatoms. The van der Waals surface area contributed by atoms with Gasteiger partial charge in [0.2, 0.25) is 0 Å². The predicted octanol–water partition coefficient (Wildman–Crippen LogP) is 5.94. The molecule has 1 spiro atoms. The molecule has 3 saturated carbocycles. The number of fused-ring (bicyclic) bond motifs is 3. The van der Waals surface area contributed by atoms with Gasteiger partial charge in [0, 0.05) is 12.0 Å². The largest absolute Gasteiger partial charge is 0.472 e. The summed E-state index contributed by atoms with van der Waals surface area (Å²) in [4.78, 5) is 2.56. The molecule has 0 bridgehead atoms. The quantitative estimate of drug-likeness (QED) is 0.410. The van der Waals surface area contributed by atoms with Gasteiger partial charge in [0.25, 0.3) is 0 Å². The van der Waals surface area contributed by atoms with Crippen molar-refractivity contribution < 1.29 is 13.9 Å². The number of nitrogens with zero attached hydrogens (tertiary/aromatic N) is 1. The molecule has 6 aliphatic rings. The van der Waals surface area contributed by atoms with Gasteiger partial charge in [-0.2, -0.15) is 0 Å². The number of hydrogen-bond acceptors (Lipinski definition) is 4. The maximum absolute atomic E-state index is 6.71. The van der Waals surface area contributed by atoms with Crippen molar-refractivity contribution in [1.29, 1.82) is 0 Å². The van der Waals surface area contributed by atoms with Gasteiger partial charge in [0.1, 0.15) is 5.60 Å². The Hall–Kier alpha value is -1.10. The molecule has 0 N–H and O–H groups in total. The fourth-order valence-electron chi connectivity index (χ4n) is 9.58. The first-order valence-corrected chi connectivity index (χ1v) is 13.8. The van der Waals surface area contributed by atoms with Crippen LogP contribution < -0.4 is 0 Å². The van der Waals surface area contributed by atoms with Crippen LogP contribution in [0.5, 0.6) is 0 Å². The van der Waals surface area contributed by atoms with Crippen molar-refractivity contribution in [3.63, 3.8) is 0 Å². The van der Waals surface area contributed by atoms with Crippen LogP contribution in [0.25, 0.3) is 0 Å². The predicted molar refractivity (Wildman–Crippen MR) is 128 cm³/mol. The monoisotopic (exact) mass is 451 g/mol. The number of likely N-dealkylation sites (tertiary alicyclic amines) is 1. The van der Waals surface area contributed by atoms with Crippen molar-refractivity contribution in [2.24, 2.45) is 22.7 Å². The van der Waals surface area contributed by atoms with Gasteiger partial charge in [-0.3, -0.25) is 0 Å². The SMILES string of the molecule is C[C@]12CC[C@H](OCCN3CCCC3)C=C1CC[C@@H]1[C@@H]2CC[C@]2(C)[C@@H](c3ccoc3)C[C@H]3O[C@]132. The van der Waals surface area contributed by atoms with Crippen molar-refractivity contribution >= 4 is 0 Å². The zero-order valence-corrected chi connectivity index (χ0v) is 20.6. The number of hydrogen-bond donors (Lipinski definition) is 0. The molecule has 4 nitrogen and oxygen atoms in total. The number of furan rings is 1. The summed E-state index contributed by atoms with van der Waals surface area (Å²) in [5, 5.41) is 0. The van der Waals surface area contributed by atoms with Gasteiger partial charge in [-0.1, -0.05) is 25.5 Å². The molecule has 180 valence electrons. The van der Waals surface area contributed by atoms with E-state index < -0.39 is 0 Å². The van der Waals surface area contributed by atoms with Crippen LogP contribution in [0.2, 0.25) is 0 Å². The van der Waals surface area contributed by atoms with E-state index in [1.165, 1.54) is 76.4 Å². The molecule has 0 radical (unpaired) electrons. The van der Waals surface area contributed by atoms with Crippen molar-refractivity contribution in [1.82, 2.24) is 4.90 Å². The van der Waals surface area contributed by atoms with Crippen LogP contribution in [0, 0.1) is 22.7 Å². The van der Waals surface area contributed by atoms with Gasteiger partial charge < -0.3 is 18.8 Å². The Morgan fingerprint density at radius 2 is 1.97 bits per heavy atom. The highest BCUT2D eigenvalue weighted by molar-refractivity contribution is 5.37. The molecule has 1 aromatic rings. The topological polar surface area (TPSA) is 38.1 Å². The minimum atomic E-state index is 0.121. The Bertz CT molecular complexity index is 919. The molecule has 2 saturated heterocycles. The molecule has 33 heavy (non-hydrogen) atoms. The average molecular weight is 452 g/mol. The van der Waals surface area contributed by atoms with E-state index in [0.29, 0.717) is 29.5 Å². The highest BCUT2D eigenvalue weighted by atomic mass is 16.6. The van der Waals surface area contributed by atoms with Crippen LogP contribution in [-0.2, 0) is 9.47 Å². The van der Waals surface area contributed by atoms with E-state index in [1.807, 2.05) is 12.5 Å². The lowest BCUT2D eigenvalue weighted by Crippen LogP contribution is -2.56. The Kier molecular flexibility index (Phi) is 4.79. The number of rotatable bonds is 5. The molecular weight excluding hydrogens is 410 g/mol. The summed E-state index contributed by atoms with van der Waals surface area (Å²) < 4.78 is 18.6. The Labute approximate surface area is 199 Å². The summed E-state index contributed by atoms with van der Waals surface area (Å²) in [6.45, 7) is 9.67. The van der Waals surface area contributed by atoms with E-state index in [2.05, 4.69) is 30.9 Å².